The first-order chi connectivity index (χ1) is 12.7. The average molecular weight is 350 g/mol. The van der Waals surface area contributed by atoms with E-state index in [-0.39, 0.29) is 17.7 Å². The van der Waals surface area contributed by atoms with Crippen LogP contribution >= 0.6 is 0 Å². The number of nitrogens with zero attached hydrogens (tertiary/aromatic N) is 2. The van der Waals surface area contributed by atoms with E-state index in [9.17, 15) is 10.1 Å². The van der Waals surface area contributed by atoms with Crippen LogP contribution in [0, 0.1) is 10.1 Å². The van der Waals surface area contributed by atoms with Gasteiger partial charge in [-0.15, -0.1) is 0 Å². The Morgan fingerprint density at radius 3 is 2.73 bits per heavy atom. The molecule has 26 heavy (non-hydrogen) atoms. The SMILES string of the molecule is O=[N+]([O-])c1cccnc1Oc1ccc2c(c1)OCC(c1ccccc1)O2. The van der Waals surface area contributed by atoms with Crippen molar-refractivity contribution < 1.29 is 19.1 Å². The van der Waals surface area contributed by atoms with E-state index in [2.05, 4.69) is 4.98 Å². The molecule has 0 fully saturated rings. The first-order valence-electron chi connectivity index (χ1n) is 7.96. The lowest BCUT2D eigenvalue weighted by atomic mass is 10.1. The summed E-state index contributed by atoms with van der Waals surface area (Å²) in [5, 5.41) is 11.1. The van der Waals surface area contributed by atoms with Gasteiger partial charge >= 0.3 is 5.69 Å². The third-order valence-electron chi connectivity index (χ3n) is 3.91. The molecule has 1 atom stereocenters. The summed E-state index contributed by atoms with van der Waals surface area (Å²) in [5.74, 6) is 1.42. The van der Waals surface area contributed by atoms with E-state index >= 15 is 0 Å². The van der Waals surface area contributed by atoms with E-state index in [1.807, 2.05) is 30.3 Å². The quantitative estimate of drug-likeness (QED) is 0.515. The second kappa shape index (κ2) is 6.72. The first-order valence-corrected chi connectivity index (χ1v) is 7.96. The monoisotopic (exact) mass is 350 g/mol. The summed E-state index contributed by atoms with van der Waals surface area (Å²) in [6.07, 6.45) is 1.25. The van der Waals surface area contributed by atoms with Gasteiger partial charge in [0.25, 0.3) is 5.88 Å². The summed E-state index contributed by atoms with van der Waals surface area (Å²) in [7, 11) is 0. The van der Waals surface area contributed by atoms with Crippen LogP contribution in [0.4, 0.5) is 5.69 Å². The molecular formula is C19H14N2O5. The van der Waals surface area contributed by atoms with Crippen LogP contribution in [0.25, 0.3) is 0 Å². The summed E-state index contributed by atoms with van der Waals surface area (Å²) in [5.41, 5.74) is 0.828. The Hall–Kier alpha value is -3.61. The fourth-order valence-electron chi connectivity index (χ4n) is 2.66. The number of fused-ring (bicyclic) bond motifs is 1. The molecule has 7 heteroatoms. The zero-order chi connectivity index (χ0) is 17.9. The highest BCUT2D eigenvalue weighted by Gasteiger charge is 2.24. The number of ether oxygens (including phenoxy) is 3. The number of hydrogen-bond acceptors (Lipinski definition) is 6. The van der Waals surface area contributed by atoms with Gasteiger partial charge in [0.1, 0.15) is 12.4 Å². The fraction of sp³-hybridized carbons (Fsp3) is 0.105. The van der Waals surface area contributed by atoms with E-state index in [1.54, 1.807) is 18.2 Å². The Morgan fingerprint density at radius 1 is 1.08 bits per heavy atom. The second-order valence-electron chi connectivity index (χ2n) is 5.62. The fourth-order valence-corrected chi connectivity index (χ4v) is 2.66. The average Bonchev–Trinajstić information content (AvgIpc) is 2.68. The molecule has 0 radical (unpaired) electrons. The maximum Gasteiger partial charge on any atom is 0.331 e. The molecular weight excluding hydrogens is 336 g/mol. The molecule has 1 unspecified atom stereocenters. The van der Waals surface area contributed by atoms with Crippen molar-refractivity contribution in [1.29, 1.82) is 0 Å². The molecule has 1 aliphatic rings. The van der Waals surface area contributed by atoms with Crippen LogP contribution in [-0.4, -0.2) is 16.5 Å². The molecule has 0 spiro atoms. The van der Waals surface area contributed by atoms with Crippen LogP contribution in [0.15, 0.2) is 66.9 Å². The predicted octanol–water partition coefficient (Wildman–Crippen LogP) is 4.29. The van der Waals surface area contributed by atoms with Gasteiger partial charge in [-0.1, -0.05) is 30.3 Å². The number of benzene rings is 2. The van der Waals surface area contributed by atoms with Crippen molar-refractivity contribution in [3.63, 3.8) is 0 Å². The molecule has 4 rings (SSSR count). The molecule has 0 N–H and O–H groups in total. The highest BCUT2D eigenvalue weighted by atomic mass is 16.6. The molecule has 1 aliphatic heterocycles. The number of pyridine rings is 1. The molecule has 130 valence electrons. The van der Waals surface area contributed by atoms with Crippen molar-refractivity contribution in [2.24, 2.45) is 0 Å². The molecule has 2 heterocycles. The third-order valence-corrected chi connectivity index (χ3v) is 3.91. The van der Waals surface area contributed by atoms with E-state index in [4.69, 9.17) is 14.2 Å². The van der Waals surface area contributed by atoms with Gasteiger partial charge in [0.2, 0.25) is 0 Å². The predicted molar refractivity (Wildman–Crippen MR) is 92.7 cm³/mol. The zero-order valence-electron chi connectivity index (χ0n) is 13.6. The van der Waals surface area contributed by atoms with E-state index < -0.39 is 4.92 Å². The summed E-state index contributed by atoms with van der Waals surface area (Å²) < 4.78 is 17.3. The topological polar surface area (TPSA) is 83.7 Å². The van der Waals surface area contributed by atoms with Crippen molar-refractivity contribution in [1.82, 2.24) is 4.98 Å². The lowest BCUT2D eigenvalue weighted by Crippen LogP contribution is -2.21. The van der Waals surface area contributed by atoms with Crippen molar-refractivity contribution >= 4 is 5.69 Å². The molecule has 1 aromatic heterocycles. The Balaban J connectivity index is 1.55. The number of hydrogen-bond donors (Lipinski definition) is 0. The molecule has 0 aliphatic carbocycles. The maximum absolute atomic E-state index is 11.1. The largest absolute Gasteiger partial charge is 0.485 e. The van der Waals surface area contributed by atoms with Crippen LogP contribution in [0.3, 0.4) is 0 Å². The summed E-state index contributed by atoms with van der Waals surface area (Å²) >= 11 is 0. The minimum atomic E-state index is -0.537. The Labute approximate surface area is 148 Å². The van der Waals surface area contributed by atoms with Crippen LogP contribution < -0.4 is 14.2 Å². The molecule has 0 bridgehead atoms. The van der Waals surface area contributed by atoms with Gasteiger partial charge in [-0.05, 0) is 23.8 Å². The minimum Gasteiger partial charge on any atom is -0.485 e. The lowest BCUT2D eigenvalue weighted by Gasteiger charge is -2.27. The highest BCUT2D eigenvalue weighted by molar-refractivity contribution is 5.49. The standard InChI is InChI=1S/C19H14N2O5/c22-21(23)15-7-4-10-20-19(15)25-14-8-9-16-17(11-14)24-12-18(26-16)13-5-2-1-3-6-13/h1-11,18H,12H2. The lowest BCUT2D eigenvalue weighted by molar-refractivity contribution is -0.386. The Kier molecular flexibility index (Phi) is 4.10. The van der Waals surface area contributed by atoms with Gasteiger partial charge in [-0.3, -0.25) is 10.1 Å². The van der Waals surface area contributed by atoms with Crippen molar-refractivity contribution in [3.05, 3.63) is 82.5 Å². The first kappa shape index (κ1) is 15.9. The Bertz CT molecular complexity index is 946. The molecule has 3 aromatic rings. The minimum absolute atomic E-state index is 0.0728. The molecule has 0 saturated carbocycles. The molecule has 7 nitrogen and oxygen atoms in total. The van der Waals surface area contributed by atoms with Crippen LogP contribution in [0.1, 0.15) is 11.7 Å². The third kappa shape index (κ3) is 3.14. The van der Waals surface area contributed by atoms with Crippen molar-refractivity contribution in [3.8, 4) is 23.1 Å². The van der Waals surface area contributed by atoms with Crippen molar-refractivity contribution in [2.45, 2.75) is 6.10 Å². The summed E-state index contributed by atoms with van der Waals surface area (Å²) in [6, 6.07) is 17.6. The highest BCUT2D eigenvalue weighted by Crippen LogP contribution is 2.40. The van der Waals surface area contributed by atoms with Gasteiger partial charge in [0.05, 0.1) is 4.92 Å². The van der Waals surface area contributed by atoms with Gasteiger partial charge in [-0.25, -0.2) is 4.98 Å². The summed E-state index contributed by atoms with van der Waals surface area (Å²) in [4.78, 5) is 14.4. The molecule has 0 saturated heterocycles. The zero-order valence-corrected chi connectivity index (χ0v) is 13.6. The van der Waals surface area contributed by atoms with Gasteiger partial charge in [0.15, 0.2) is 17.6 Å². The smallest absolute Gasteiger partial charge is 0.331 e. The molecule has 2 aromatic carbocycles. The number of aromatic nitrogens is 1. The summed E-state index contributed by atoms with van der Waals surface area (Å²) in [6.45, 7) is 0.365. The normalized spacial score (nSPS) is 15.3. The van der Waals surface area contributed by atoms with Gasteiger partial charge in [-0.2, -0.15) is 0 Å². The second-order valence-corrected chi connectivity index (χ2v) is 5.62. The number of rotatable bonds is 4. The van der Waals surface area contributed by atoms with Crippen LogP contribution in [-0.2, 0) is 0 Å². The van der Waals surface area contributed by atoms with Crippen LogP contribution in [0.2, 0.25) is 0 Å². The number of nitro groups is 1. The van der Waals surface area contributed by atoms with Crippen LogP contribution in [0.5, 0.6) is 23.1 Å². The van der Waals surface area contributed by atoms with E-state index in [0.29, 0.717) is 23.9 Å². The van der Waals surface area contributed by atoms with Crippen molar-refractivity contribution in [2.75, 3.05) is 6.61 Å². The Morgan fingerprint density at radius 2 is 1.92 bits per heavy atom. The van der Waals surface area contributed by atoms with Gasteiger partial charge < -0.3 is 14.2 Å². The van der Waals surface area contributed by atoms with Gasteiger partial charge in [0, 0.05) is 18.3 Å². The molecule has 0 amide bonds. The maximum atomic E-state index is 11.1. The van der Waals surface area contributed by atoms with E-state index in [1.165, 1.54) is 18.3 Å². The van der Waals surface area contributed by atoms with E-state index in [0.717, 1.165) is 5.56 Å².